The zero-order valence-electron chi connectivity index (χ0n) is 18.6. The Kier molecular flexibility index (Phi) is 6.57. The summed E-state index contributed by atoms with van der Waals surface area (Å²) in [6, 6.07) is 22.6. The Labute approximate surface area is 181 Å². The van der Waals surface area contributed by atoms with Crippen LogP contribution in [0.2, 0.25) is 0 Å². The highest BCUT2D eigenvalue weighted by Crippen LogP contribution is 2.37. The molecule has 3 aromatic carbocycles. The van der Waals surface area contributed by atoms with Gasteiger partial charge in [0, 0.05) is 5.92 Å². The highest BCUT2D eigenvalue weighted by Gasteiger charge is 2.21. The molecular weight excluding hydrogens is 364 g/mol. The minimum atomic E-state index is 0.389. The second-order valence-corrected chi connectivity index (χ2v) is 8.73. The molecule has 0 aromatic heterocycles. The number of rotatable bonds is 6. The molecular formula is C29H34O. The molecule has 4 rings (SSSR count). The maximum absolute atomic E-state index is 5.64. The summed E-state index contributed by atoms with van der Waals surface area (Å²) in [6.45, 7) is 7.18. The third kappa shape index (κ3) is 4.61. The average Bonchev–Trinajstić information content (AvgIpc) is 2.79. The van der Waals surface area contributed by atoms with Crippen molar-refractivity contribution in [2.75, 3.05) is 6.61 Å². The normalized spacial score (nSPS) is 20.5. The molecule has 3 aromatic rings. The topological polar surface area (TPSA) is 9.23 Å². The van der Waals surface area contributed by atoms with Crippen molar-refractivity contribution in [1.82, 2.24) is 0 Å². The van der Waals surface area contributed by atoms with Crippen molar-refractivity contribution in [3.63, 3.8) is 0 Å². The summed E-state index contributed by atoms with van der Waals surface area (Å²) >= 11 is 0. The lowest BCUT2D eigenvalue weighted by molar-refractivity contribution is 0.341. The highest BCUT2D eigenvalue weighted by atomic mass is 16.5. The van der Waals surface area contributed by atoms with Gasteiger partial charge in [-0.15, -0.1) is 0 Å². The van der Waals surface area contributed by atoms with E-state index in [0.29, 0.717) is 12.5 Å². The minimum absolute atomic E-state index is 0.389. The molecule has 0 amide bonds. The van der Waals surface area contributed by atoms with Gasteiger partial charge in [0.2, 0.25) is 0 Å². The molecule has 0 spiro atoms. The van der Waals surface area contributed by atoms with E-state index in [1.165, 1.54) is 53.1 Å². The monoisotopic (exact) mass is 398 g/mol. The largest absolute Gasteiger partial charge is 0.494 e. The predicted octanol–water partition coefficient (Wildman–Crippen LogP) is 8.24. The molecule has 0 aliphatic heterocycles. The molecule has 0 N–H and O–H groups in total. The first kappa shape index (κ1) is 20.7. The SMILES string of the molecule is C/C=C/C1CCC(c2ccc(C(C)c3ccc4cc(OCC)ccc4c3)cc2)CC1. The van der Waals surface area contributed by atoms with Crippen LogP contribution in [0.4, 0.5) is 0 Å². The summed E-state index contributed by atoms with van der Waals surface area (Å²) in [7, 11) is 0. The van der Waals surface area contributed by atoms with E-state index >= 15 is 0 Å². The van der Waals surface area contributed by atoms with Crippen LogP contribution in [0.5, 0.6) is 5.75 Å². The second kappa shape index (κ2) is 9.51. The third-order valence-corrected chi connectivity index (χ3v) is 6.79. The van der Waals surface area contributed by atoms with E-state index in [9.17, 15) is 0 Å². The molecule has 1 saturated carbocycles. The lowest BCUT2D eigenvalue weighted by Gasteiger charge is -2.27. The highest BCUT2D eigenvalue weighted by molar-refractivity contribution is 5.84. The molecule has 156 valence electrons. The van der Waals surface area contributed by atoms with E-state index in [-0.39, 0.29) is 0 Å². The van der Waals surface area contributed by atoms with Gasteiger partial charge in [-0.05, 0) is 91.0 Å². The van der Waals surface area contributed by atoms with Gasteiger partial charge in [0.15, 0.2) is 0 Å². The van der Waals surface area contributed by atoms with Crippen LogP contribution in [0.25, 0.3) is 10.8 Å². The molecule has 1 unspecified atom stereocenters. The molecule has 0 bridgehead atoms. The van der Waals surface area contributed by atoms with Crippen molar-refractivity contribution in [1.29, 1.82) is 0 Å². The van der Waals surface area contributed by atoms with Crippen molar-refractivity contribution in [2.45, 2.75) is 58.3 Å². The minimum Gasteiger partial charge on any atom is -0.494 e. The van der Waals surface area contributed by atoms with Gasteiger partial charge < -0.3 is 4.74 Å². The van der Waals surface area contributed by atoms with Crippen LogP contribution >= 0.6 is 0 Å². The van der Waals surface area contributed by atoms with E-state index in [4.69, 9.17) is 4.74 Å². The fraction of sp³-hybridized carbons (Fsp3) is 0.379. The predicted molar refractivity (Wildman–Crippen MR) is 129 cm³/mol. The van der Waals surface area contributed by atoms with Crippen molar-refractivity contribution in [3.8, 4) is 5.75 Å². The van der Waals surface area contributed by atoms with E-state index in [1.807, 2.05) is 6.92 Å². The standard InChI is InChI=1S/C29H34O/c1-4-6-22-7-9-24(10-8-22)25-13-11-23(12-14-25)21(3)26-15-16-28-20-29(30-5-2)18-17-27(28)19-26/h4,6,11-22,24H,5,7-10H2,1-3H3/b6-4+. The molecule has 0 radical (unpaired) electrons. The van der Waals surface area contributed by atoms with Gasteiger partial charge in [-0.2, -0.15) is 0 Å². The Bertz CT molecular complexity index is 991. The first-order valence-corrected chi connectivity index (χ1v) is 11.6. The number of allylic oxidation sites excluding steroid dienone is 2. The average molecular weight is 399 g/mol. The van der Waals surface area contributed by atoms with E-state index in [0.717, 1.165) is 17.6 Å². The molecule has 1 nitrogen and oxygen atoms in total. The molecule has 0 saturated heterocycles. The first-order valence-electron chi connectivity index (χ1n) is 11.6. The Hall–Kier alpha value is -2.54. The Balaban J connectivity index is 1.47. The molecule has 1 aliphatic carbocycles. The molecule has 1 heteroatoms. The number of ether oxygens (including phenoxy) is 1. The summed E-state index contributed by atoms with van der Waals surface area (Å²) < 4.78 is 5.64. The fourth-order valence-corrected chi connectivity index (χ4v) is 4.93. The van der Waals surface area contributed by atoms with Crippen molar-refractivity contribution >= 4 is 10.8 Å². The molecule has 1 fully saturated rings. The summed E-state index contributed by atoms with van der Waals surface area (Å²) in [5, 5.41) is 2.51. The zero-order chi connectivity index (χ0) is 20.9. The third-order valence-electron chi connectivity index (χ3n) is 6.79. The Morgan fingerprint density at radius 3 is 2.23 bits per heavy atom. The molecule has 1 aliphatic rings. The number of hydrogen-bond acceptors (Lipinski definition) is 1. The zero-order valence-corrected chi connectivity index (χ0v) is 18.6. The summed E-state index contributed by atoms with van der Waals surface area (Å²) in [6.07, 6.45) is 9.90. The molecule has 30 heavy (non-hydrogen) atoms. The molecule has 0 heterocycles. The maximum atomic E-state index is 5.64. The summed E-state index contributed by atoms with van der Waals surface area (Å²) in [5.74, 6) is 2.86. The lowest BCUT2D eigenvalue weighted by Crippen LogP contribution is -2.11. The fourth-order valence-electron chi connectivity index (χ4n) is 4.93. The summed E-state index contributed by atoms with van der Waals surface area (Å²) in [4.78, 5) is 0. The van der Waals surface area contributed by atoms with Gasteiger partial charge in [0.1, 0.15) is 5.75 Å². The smallest absolute Gasteiger partial charge is 0.119 e. The number of fused-ring (bicyclic) bond motifs is 1. The van der Waals surface area contributed by atoms with Gasteiger partial charge in [-0.25, -0.2) is 0 Å². The van der Waals surface area contributed by atoms with Gasteiger partial charge in [0.05, 0.1) is 6.61 Å². The van der Waals surface area contributed by atoms with Crippen LogP contribution in [-0.2, 0) is 0 Å². The number of hydrogen-bond donors (Lipinski definition) is 0. The van der Waals surface area contributed by atoms with Gasteiger partial charge >= 0.3 is 0 Å². The van der Waals surface area contributed by atoms with Crippen molar-refractivity contribution < 1.29 is 4.74 Å². The van der Waals surface area contributed by atoms with Crippen LogP contribution in [0.3, 0.4) is 0 Å². The van der Waals surface area contributed by atoms with Crippen LogP contribution < -0.4 is 4.74 Å². The van der Waals surface area contributed by atoms with E-state index < -0.39 is 0 Å². The summed E-state index contributed by atoms with van der Waals surface area (Å²) in [5.41, 5.74) is 4.28. The van der Waals surface area contributed by atoms with Crippen LogP contribution in [-0.4, -0.2) is 6.61 Å². The van der Waals surface area contributed by atoms with Crippen molar-refractivity contribution in [2.24, 2.45) is 5.92 Å². The number of benzene rings is 3. The Morgan fingerprint density at radius 1 is 0.867 bits per heavy atom. The van der Waals surface area contributed by atoms with Gasteiger partial charge in [0.25, 0.3) is 0 Å². The van der Waals surface area contributed by atoms with Crippen LogP contribution in [0.15, 0.2) is 72.8 Å². The lowest BCUT2D eigenvalue weighted by atomic mass is 9.78. The quantitative estimate of drug-likeness (QED) is 0.380. The Morgan fingerprint density at radius 2 is 1.53 bits per heavy atom. The van der Waals surface area contributed by atoms with E-state index in [2.05, 4.69) is 86.7 Å². The second-order valence-electron chi connectivity index (χ2n) is 8.73. The van der Waals surface area contributed by atoms with Crippen molar-refractivity contribution in [3.05, 3.63) is 89.5 Å². The van der Waals surface area contributed by atoms with Gasteiger partial charge in [-0.1, -0.05) is 67.6 Å². The van der Waals surface area contributed by atoms with Crippen LogP contribution in [0, 0.1) is 5.92 Å². The molecule has 1 atom stereocenters. The maximum Gasteiger partial charge on any atom is 0.119 e. The first-order chi connectivity index (χ1) is 14.7. The van der Waals surface area contributed by atoms with E-state index in [1.54, 1.807) is 0 Å². The van der Waals surface area contributed by atoms with Crippen LogP contribution in [0.1, 0.15) is 75.0 Å². The van der Waals surface area contributed by atoms with Gasteiger partial charge in [-0.3, -0.25) is 0 Å².